The Hall–Kier alpha value is -3.12. The highest BCUT2D eigenvalue weighted by Crippen LogP contribution is 2.36. The lowest BCUT2D eigenvalue weighted by Gasteiger charge is -2.17. The second-order valence-electron chi connectivity index (χ2n) is 7.46. The minimum Gasteiger partial charge on any atom is -0.354 e. The molecule has 4 rings (SSSR count). The fourth-order valence-electron chi connectivity index (χ4n) is 3.63. The molecule has 0 radical (unpaired) electrons. The summed E-state index contributed by atoms with van der Waals surface area (Å²) >= 11 is 0. The van der Waals surface area contributed by atoms with E-state index in [0.717, 1.165) is 56.1 Å². The summed E-state index contributed by atoms with van der Waals surface area (Å²) in [5.74, 6) is 0. The number of sulfonamides is 1. The van der Waals surface area contributed by atoms with Gasteiger partial charge in [0.05, 0.1) is 23.0 Å². The number of hydrogen-bond acceptors (Lipinski definition) is 4. The van der Waals surface area contributed by atoms with Crippen LogP contribution in [0.4, 0.5) is 17.1 Å². The number of anilines is 3. The van der Waals surface area contributed by atoms with Gasteiger partial charge in [0, 0.05) is 22.1 Å². The van der Waals surface area contributed by atoms with Crippen molar-refractivity contribution >= 4 is 48.9 Å². The van der Waals surface area contributed by atoms with Crippen LogP contribution in [-0.4, -0.2) is 19.7 Å². The third kappa shape index (κ3) is 3.76. The second-order valence-corrected chi connectivity index (χ2v) is 9.21. The van der Waals surface area contributed by atoms with E-state index in [1.807, 2.05) is 31.2 Å². The van der Waals surface area contributed by atoms with Crippen LogP contribution in [0.25, 0.3) is 21.8 Å². The first kappa shape index (κ1) is 19.2. The number of nitrogens with one attached hydrogen (secondary N) is 2. The molecule has 6 heteroatoms. The summed E-state index contributed by atoms with van der Waals surface area (Å²) in [6, 6.07) is 17.9. The van der Waals surface area contributed by atoms with Gasteiger partial charge in [-0.05, 0) is 55.7 Å². The van der Waals surface area contributed by atoms with E-state index in [1.165, 1.54) is 0 Å². The molecule has 2 N–H and O–H groups in total. The first-order chi connectivity index (χ1) is 13.7. The van der Waals surface area contributed by atoms with Crippen molar-refractivity contribution in [3.63, 3.8) is 0 Å². The standard InChI is InChI=1S/C23H23N3O2S/c1-14-7-5-9-18-21(14)25-22-15(2)8-6-10-19(22)23(18)24-20-12-11-17(13-16(20)3)26-29(4,27)28/h5-13,26H,1-4H3,(H,24,25). The van der Waals surface area contributed by atoms with Gasteiger partial charge in [-0.15, -0.1) is 0 Å². The maximum atomic E-state index is 11.5. The van der Waals surface area contributed by atoms with Crippen molar-refractivity contribution in [1.29, 1.82) is 0 Å². The fraction of sp³-hybridized carbons (Fsp3) is 0.174. The number of aryl methyl sites for hydroxylation is 3. The molecule has 29 heavy (non-hydrogen) atoms. The zero-order valence-corrected chi connectivity index (χ0v) is 17.7. The van der Waals surface area contributed by atoms with E-state index in [2.05, 4.69) is 48.2 Å². The molecular weight excluding hydrogens is 382 g/mol. The molecule has 0 spiro atoms. The topological polar surface area (TPSA) is 71.1 Å². The summed E-state index contributed by atoms with van der Waals surface area (Å²) in [4.78, 5) is 4.94. The van der Waals surface area contributed by atoms with Crippen LogP contribution in [0, 0.1) is 20.8 Å². The smallest absolute Gasteiger partial charge is 0.229 e. The Bertz CT molecular complexity index is 1300. The van der Waals surface area contributed by atoms with Crippen LogP contribution in [0.15, 0.2) is 54.6 Å². The molecule has 1 aromatic heterocycles. The summed E-state index contributed by atoms with van der Waals surface area (Å²) in [5.41, 5.74) is 7.61. The molecule has 0 fully saturated rings. The minimum absolute atomic E-state index is 0.548. The summed E-state index contributed by atoms with van der Waals surface area (Å²) in [5, 5.41) is 5.70. The van der Waals surface area contributed by atoms with Crippen LogP contribution in [0.2, 0.25) is 0 Å². The summed E-state index contributed by atoms with van der Waals surface area (Å²) in [6.45, 7) is 6.10. The molecule has 4 aromatic rings. The molecule has 3 aromatic carbocycles. The molecule has 0 atom stereocenters. The lowest BCUT2D eigenvalue weighted by atomic mass is 10.0. The molecule has 1 heterocycles. The highest BCUT2D eigenvalue weighted by atomic mass is 32.2. The van der Waals surface area contributed by atoms with Crippen LogP contribution in [0.3, 0.4) is 0 Å². The largest absolute Gasteiger partial charge is 0.354 e. The molecule has 0 bridgehead atoms. The van der Waals surface area contributed by atoms with E-state index < -0.39 is 10.0 Å². The third-order valence-corrected chi connectivity index (χ3v) is 5.63. The van der Waals surface area contributed by atoms with Gasteiger partial charge in [0.25, 0.3) is 0 Å². The van der Waals surface area contributed by atoms with Gasteiger partial charge in [0.2, 0.25) is 10.0 Å². The number of pyridine rings is 1. The normalized spacial score (nSPS) is 11.7. The quantitative estimate of drug-likeness (QED) is 0.444. The molecule has 0 aliphatic heterocycles. The molecular formula is C23H23N3O2S. The van der Waals surface area contributed by atoms with Gasteiger partial charge in [-0.3, -0.25) is 4.72 Å². The molecule has 0 amide bonds. The Morgan fingerprint density at radius 1 is 0.793 bits per heavy atom. The minimum atomic E-state index is -3.31. The molecule has 0 aliphatic rings. The lowest BCUT2D eigenvalue weighted by Crippen LogP contribution is -2.09. The Kier molecular flexibility index (Phi) is 4.67. The number of rotatable bonds is 4. The van der Waals surface area contributed by atoms with Crippen molar-refractivity contribution in [3.8, 4) is 0 Å². The molecule has 5 nitrogen and oxygen atoms in total. The van der Waals surface area contributed by atoms with E-state index in [4.69, 9.17) is 4.98 Å². The van der Waals surface area contributed by atoms with Crippen molar-refractivity contribution < 1.29 is 8.42 Å². The van der Waals surface area contributed by atoms with Crippen LogP contribution in [0.5, 0.6) is 0 Å². The number of nitrogens with zero attached hydrogens (tertiary/aromatic N) is 1. The highest BCUT2D eigenvalue weighted by molar-refractivity contribution is 7.92. The molecule has 0 saturated heterocycles. The Morgan fingerprint density at radius 3 is 1.90 bits per heavy atom. The van der Waals surface area contributed by atoms with Gasteiger partial charge >= 0.3 is 0 Å². The van der Waals surface area contributed by atoms with Crippen LogP contribution < -0.4 is 10.0 Å². The summed E-state index contributed by atoms with van der Waals surface area (Å²) in [6.07, 6.45) is 1.15. The van der Waals surface area contributed by atoms with Crippen LogP contribution in [0.1, 0.15) is 16.7 Å². The summed E-state index contributed by atoms with van der Waals surface area (Å²) < 4.78 is 25.5. The number of fused-ring (bicyclic) bond motifs is 2. The number of benzene rings is 3. The van der Waals surface area contributed by atoms with Gasteiger partial charge in [-0.2, -0.15) is 0 Å². The summed E-state index contributed by atoms with van der Waals surface area (Å²) in [7, 11) is -3.31. The second kappa shape index (κ2) is 7.04. The van der Waals surface area contributed by atoms with E-state index in [0.29, 0.717) is 5.69 Å². The van der Waals surface area contributed by atoms with E-state index in [1.54, 1.807) is 6.07 Å². The Balaban J connectivity index is 1.89. The number of hydrogen-bond donors (Lipinski definition) is 2. The Morgan fingerprint density at radius 2 is 1.38 bits per heavy atom. The van der Waals surface area contributed by atoms with E-state index in [9.17, 15) is 8.42 Å². The van der Waals surface area contributed by atoms with Gasteiger partial charge in [-0.25, -0.2) is 13.4 Å². The average Bonchev–Trinajstić information content (AvgIpc) is 2.63. The average molecular weight is 406 g/mol. The monoisotopic (exact) mass is 405 g/mol. The fourth-order valence-corrected chi connectivity index (χ4v) is 4.18. The van der Waals surface area contributed by atoms with E-state index in [-0.39, 0.29) is 0 Å². The van der Waals surface area contributed by atoms with Gasteiger partial charge < -0.3 is 5.32 Å². The van der Waals surface area contributed by atoms with Crippen molar-refractivity contribution in [3.05, 3.63) is 71.3 Å². The Labute approximate surface area is 170 Å². The zero-order chi connectivity index (χ0) is 20.8. The predicted molar refractivity (Wildman–Crippen MR) is 122 cm³/mol. The first-order valence-electron chi connectivity index (χ1n) is 9.37. The van der Waals surface area contributed by atoms with Gasteiger partial charge in [0.1, 0.15) is 0 Å². The van der Waals surface area contributed by atoms with Gasteiger partial charge in [-0.1, -0.05) is 36.4 Å². The van der Waals surface area contributed by atoms with Crippen LogP contribution >= 0.6 is 0 Å². The van der Waals surface area contributed by atoms with Crippen LogP contribution in [-0.2, 0) is 10.0 Å². The maximum Gasteiger partial charge on any atom is 0.229 e. The number of para-hydroxylation sites is 2. The highest BCUT2D eigenvalue weighted by Gasteiger charge is 2.13. The SMILES string of the molecule is Cc1cc(NS(C)(=O)=O)ccc1Nc1c2cccc(C)c2nc2c(C)cccc12. The molecule has 0 saturated carbocycles. The third-order valence-electron chi connectivity index (χ3n) is 5.03. The predicted octanol–water partition coefficient (Wildman–Crippen LogP) is 5.43. The lowest BCUT2D eigenvalue weighted by molar-refractivity contribution is 0.607. The van der Waals surface area contributed by atoms with E-state index >= 15 is 0 Å². The van der Waals surface area contributed by atoms with Crippen molar-refractivity contribution in [2.45, 2.75) is 20.8 Å². The first-order valence-corrected chi connectivity index (χ1v) is 11.3. The number of aromatic nitrogens is 1. The molecule has 148 valence electrons. The maximum absolute atomic E-state index is 11.5. The zero-order valence-electron chi connectivity index (χ0n) is 16.9. The van der Waals surface area contributed by atoms with Crippen molar-refractivity contribution in [2.24, 2.45) is 0 Å². The van der Waals surface area contributed by atoms with Gasteiger partial charge in [0.15, 0.2) is 0 Å². The van der Waals surface area contributed by atoms with Crippen molar-refractivity contribution in [1.82, 2.24) is 4.98 Å². The molecule has 0 unspecified atom stereocenters. The van der Waals surface area contributed by atoms with Crippen molar-refractivity contribution in [2.75, 3.05) is 16.3 Å². The molecule has 0 aliphatic carbocycles.